The molecule has 0 unspecified atom stereocenters. The summed E-state index contributed by atoms with van der Waals surface area (Å²) in [7, 11) is 0. The topological polar surface area (TPSA) is 63.4 Å². The van der Waals surface area contributed by atoms with Crippen LogP contribution >= 0.6 is 22.9 Å². The van der Waals surface area contributed by atoms with Gasteiger partial charge in [0.25, 0.3) is 5.91 Å². The van der Waals surface area contributed by atoms with Gasteiger partial charge in [-0.15, -0.1) is 0 Å². The van der Waals surface area contributed by atoms with Crippen molar-refractivity contribution < 1.29 is 13.6 Å². The van der Waals surface area contributed by atoms with Crippen LogP contribution in [0.1, 0.15) is 27.7 Å². The van der Waals surface area contributed by atoms with Crippen molar-refractivity contribution in [3.63, 3.8) is 0 Å². The maximum atomic E-state index is 13.7. The summed E-state index contributed by atoms with van der Waals surface area (Å²) in [6, 6.07) is 17.3. The van der Waals surface area contributed by atoms with Crippen molar-refractivity contribution in [1.82, 2.24) is 4.98 Å². The molecule has 0 saturated heterocycles. The van der Waals surface area contributed by atoms with Gasteiger partial charge in [0.15, 0.2) is 10.6 Å². The van der Waals surface area contributed by atoms with Crippen LogP contribution in [-0.2, 0) is 0 Å². The van der Waals surface area contributed by atoms with Crippen LogP contribution in [0.15, 0.2) is 75.9 Å². The van der Waals surface area contributed by atoms with Crippen LogP contribution in [0, 0.1) is 5.82 Å². The van der Waals surface area contributed by atoms with Gasteiger partial charge in [-0.05, 0) is 48.0 Å². The summed E-state index contributed by atoms with van der Waals surface area (Å²) in [6.07, 6.45) is 0. The predicted molar refractivity (Wildman–Crippen MR) is 122 cm³/mol. The number of fused-ring (bicyclic) bond motifs is 3. The van der Waals surface area contributed by atoms with Gasteiger partial charge in [0.2, 0.25) is 5.76 Å². The van der Waals surface area contributed by atoms with Crippen LogP contribution in [0.4, 0.5) is 9.52 Å². The molecule has 5 aromatic rings. The van der Waals surface area contributed by atoms with Crippen LogP contribution in [0.3, 0.4) is 0 Å². The summed E-state index contributed by atoms with van der Waals surface area (Å²) < 4.78 is 20.3. The molecule has 1 aliphatic rings. The zero-order chi connectivity index (χ0) is 22.0. The van der Waals surface area contributed by atoms with E-state index in [1.807, 2.05) is 0 Å². The lowest BCUT2D eigenvalue weighted by Gasteiger charge is -2.22. The predicted octanol–water partition coefficient (Wildman–Crippen LogP) is 5.95. The maximum absolute atomic E-state index is 13.7. The number of amides is 1. The van der Waals surface area contributed by atoms with Gasteiger partial charge in [-0.2, -0.15) is 0 Å². The Labute approximate surface area is 189 Å². The minimum atomic E-state index is -0.749. The molecule has 0 N–H and O–H groups in total. The van der Waals surface area contributed by atoms with Crippen molar-refractivity contribution in [3.8, 4) is 0 Å². The number of thiazole rings is 1. The zero-order valence-corrected chi connectivity index (χ0v) is 17.8. The zero-order valence-electron chi connectivity index (χ0n) is 16.2. The lowest BCUT2D eigenvalue weighted by atomic mass is 9.99. The summed E-state index contributed by atoms with van der Waals surface area (Å²) >= 11 is 7.25. The lowest BCUT2D eigenvalue weighted by molar-refractivity contribution is 0.0971. The van der Waals surface area contributed by atoms with Crippen LogP contribution in [0.25, 0.3) is 21.2 Å². The van der Waals surface area contributed by atoms with Crippen molar-refractivity contribution in [2.75, 3.05) is 4.90 Å². The number of carbonyl (C=O) groups excluding carboxylic acids is 1. The van der Waals surface area contributed by atoms with Gasteiger partial charge < -0.3 is 4.42 Å². The highest BCUT2D eigenvalue weighted by molar-refractivity contribution is 7.22. The van der Waals surface area contributed by atoms with E-state index in [-0.39, 0.29) is 22.6 Å². The summed E-state index contributed by atoms with van der Waals surface area (Å²) in [5.74, 6) is -0.873. The normalized spacial score (nSPS) is 15.6. The molecular formula is C24H12ClFN2O3S. The standard InChI is InChI=1S/C24H12ClFN2O3S/c25-13-7-5-12(6-8-13)20-19-21(29)15-3-1-2-4-17(15)31-22(19)23(30)28(20)24-27-16-10-9-14(26)11-18(16)32-24/h1-11,20H/t20-/m1/s1. The average molecular weight is 463 g/mol. The molecule has 8 heteroatoms. The molecule has 0 fully saturated rings. The van der Waals surface area contributed by atoms with Crippen molar-refractivity contribution in [2.45, 2.75) is 6.04 Å². The largest absolute Gasteiger partial charge is 0.450 e. The van der Waals surface area contributed by atoms with Crippen LogP contribution < -0.4 is 10.3 Å². The Morgan fingerprint density at radius 3 is 2.62 bits per heavy atom. The minimum absolute atomic E-state index is 0.0147. The fourth-order valence-electron chi connectivity index (χ4n) is 4.07. The number of nitrogens with zero attached hydrogens (tertiary/aromatic N) is 2. The third-order valence-electron chi connectivity index (χ3n) is 5.51. The Morgan fingerprint density at radius 1 is 1.03 bits per heavy atom. The molecule has 156 valence electrons. The minimum Gasteiger partial charge on any atom is -0.450 e. The second kappa shape index (κ2) is 6.98. The van der Waals surface area contributed by atoms with E-state index in [1.165, 1.54) is 28.4 Å². The third-order valence-corrected chi connectivity index (χ3v) is 6.78. The summed E-state index contributed by atoms with van der Waals surface area (Å²) in [6.45, 7) is 0. The number of rotatable bonds is 2. The van der Waals surface area contributed by atoms with Crippen molar-refractivity contribution in [2.24, 2.45) is 0 Å². The molecule has 0 bridgehead atoms. The number of hydrogen-bond donors (Lipinski definition) is 0. The molecule has 0 aliphatic carbocycles. The molecular weight excluding hydrogens is 451 g/mol. The average Bonchev–Trinajstić information content (AvgIpc) is 3.33. The van der Waals surface area contributed by atoms with E-state index >= 15 is 0 Å². The Morgan fingerprint density at radius 2 is 1.81 bits per heavy atom. The number of hydrogen-bond acceptors (Lipinski definition) is 5. The molecule has 0 spiro atoms. The van der Waals surface area contributed by atoms with E-state index in [9.17, 15) is 14.0 Å². The lowest BCUT2D eigenvalue weighted by Crippen LogP contribution is -2.29. The van der Waals surface area contributed by atoms with Crippen molar-refractivity contribution in [3.05, 3.63) is 105 Å². The van der Waals surface area contributed by atoms with Crippen LogP contribution in [0.5, 0.6) is 0 Å². The van der Waals surface area contributed by atoms with Gasteiger partial charge in [0, 0.05) is 5.02 Å². The number of halogens is 2. The van der Waals surface area contributed by atoms with Gasteiger partial charge in [-0.1, -0.05) is 47.2 Å². The van der Waals surface area contributed by atoms with E-state index in [2.05, 4.69) is 4.98 Å². The second-order valence-corrected chi connectivity index (χ2v) is 8.85. The highest BCUT2D eigenvalue weighted by Crippen LogP contribution is 2.43. The van der Waals surface area contributed by atoms with Gasteiger partial charge in [-0.25, -0.2) is 9.37 Å². The number of anilines is 1. The van der Waals surface area contributed by atoms with Crippen LogP contribution in [0.2, 0.25) is 5.02 Å². The summed E-state index contributed by atoms with van der Waals surface area (Å²) in [5.41, 5.74) is 1.57. The smallest absolute Gasteiger partial charge is 0.297 e. The van der Waals surface area contributed by atoms with E-state index in [4.69, 9.17) is 16.0 Å². The van der Waals surface area contributed by atoms with E-state index < -0.39 is 11.9 Å². The van der Waals surface area contributed by atoms with Gasteiger partial charge in [-0.3, -0.25) is 14.5 Å². The van der Waals surface area contributed by atoms with Gasteiger partial charge in [0.1, 0.15) is 11.4 Å². The first kappa shape index (κ1) is 19.2. The van der Waals surface area contributed by atoms with E-state index in [0.717, 1.165) is 0 Å². The Kier molecular flexibility index (Phi) is 4.18. The number of carbonyl (C=O) groups is 1. The molecule has 2 aromatic heterocycles. The molecule has 1 amide bonds. The molecule has 0 radical (unpaired) electrons. The number of aromatic nitrogens is 1. The molecule has 5 nitrogen and oxygen atoms in total. The monoisotopic (exact) mass is 462 g/mol. The highest BCUT2D eigenvalue weighted by Gasteiger charge is 2.45. The van der Waals surface area contributed by atoms with E-state index in [0.29, 0.717) is 36.9 Å². The number of benzene rings is 3. The molecule has 32 heavy (non-hydrogen) atoms. The van der Waals surface area contributed by atoms with Crippen molar-refractivity contribution in [1.29, 1.82) is 0 Å². The molecule has 3 heterocycles. The quantitative estimate of drug-likeness (QED) is 0.325. The van der Waals surface area contributed by atoms with Crippen molar-refractivity contribution >= 4 is 55.2 Å². The summed E-state index contributed by atoms with van der Waals surface area (Å²) in [5, 5.41) is 1.28. The fraction of sp³-hybridized carbons (Fsp3) is 0.0417. The Balaban J connectivity index is 1.64. The molecule has 3 aromatic carbocycles. The molecule has 1 aliphatic heterocycles. The molecule has 1 atom stereocenters. The Hall–Kier alpha value is -3.55. The first-order chi connectivity index (χ1) is 15.5. The first-order valence-electron chi connectivity index (χ1n) is 9.72. The molecule has 0 saturated carbocycles. The van der Waals surface area contributed by atoms with Gasteiger partial charge >= 0.3 is 0 Å². The Bertz CT molecular complexity index is 1610. The fourth-order valence-corrected chi connectivity index (χ4v) is 5.21. The highest BCUT2D eigenvalue weighted by atomic mass is 35.5. The number of para-hydroxylation sites is 1. The van der Waals surface area contributed by atoms with Gasteiger partial charge in [0.05, 0.1) is 27.2 Å². The third kappa shape index (κ3) is 2.78. The summed E-state index contributed by atoms with van der Waals surface area (Å²) in [4.78, 5) is 33.0. The van der Waals surface area contributed by atoms with Crippen LogP contribution in [-0.4, -0.2) is 10.9 Å². The van der Waals surface area contributed by atoms with E-state index in [1.54, 1.807) is 54.6 Å². The second-order valence-electron chi connectivity index (χ2n) is 7.41. The first-order valence-corrected chi connectivity index (χ1v) is 10.9. The SMILES string of the molecule is O=C1c2oc3ccccc3c(=O)c2[C@@H](c2ccc(Cl)cc2)N1c1nc2ccc(F)cc2s1. The maximum Gasteiger partial charge on any atom is 0.297 e. The molecule has 6 rings (SSSR count).